The number of aromatic carboxylic acids is 1. The van der Waals surface area contributed by atoms with Crippen LogP contribution in [0.2, 0.25) is 0 Å². The van der Waals surface area contributed by atoms with Gasteiger partial charge in [-0.3, -0.25) is 9.48 Å². The number of nitrogens with zero attached hydrogens (tertiary/aromatic N) is 2. The van der Waals surface area contributed by atoms with Crippen molar-refractivity contribution in [3.05, 3.63) is 53.3 Å². The number of carbonyl (C=O) groups is 2. The highest BCUT2D eigenvalue weighted by Crippen LogP contribution is 2.09. The first-order valence-corrected chi connectivity index (χ1v) is 7.11. The molecule has 0 spiro atoms. The Morgan fingerprint density at radius 2 is 2.09 bits per heavy atom. The summed E-state index contributed by atoms with van der Waals surface area (Å²) in [6, 6.07) is 6.56. The third kappa shape index (κ3) is 4.44. The molecule has 0 saturated heterocycles. The minimum absolute atomic E-state index is 0.0787. The van der Waals surface area contributed by atoms with Crippen molar-refractivity contribution in [3.8, 4) is 0 Å². The molecule has 0 aliphatic heterocycles. The molecule has 0 atom stereocenters. The summed E-state index contributed by atoms with van der Waals surface area (Å²) < 4.78 is 1.75. The topological polar surface area (TPSA) is 84.2 Å². The van der Waals surface area contributed by atoms with Crippen LogP contribution >= 0.6 is 0 Å². The van der Waals surface area contributed by atoms with Crippen LogP contribution in [0.5, 0.6) is 0 Å². The standard InChI is InChI=1S/C16H19N3O3/c1-19-11-12(10-18-19)5-4-8-17-15(20)9-13-6-2-3-7-14(13)16(21)22/h2-3,6-7,10-11H,4-5,8-9H2,1H3,(H,17,20)(H,21,22). The van der Waals surface area contributed by atoms with Crippen LogP contribution in [0.25, 0.3) is 0 Å². The van der Waals surface area contributed by atoms with Gasteiger partial charge in [0, 0.05) is 19.8 Å². The lowest BCUT2D eigenvalue weighted by Crippen LogP contribution is -2.27. The second kappa shape index (κ2) is 7.40. The average Bonchev–Trinajstić information content (AvgIpc) is 2.89. The lowest BCUT2D eigenvalue weighted by Gasteiger charge is -2.07. The van der Waals surface area contributed by atoms with E-state index < -0.39 is 5.97 Å². The SMILES string of the molecule is Cn1cc(CCCNC(=O)Cc2ccccc2C(=O)O)cn1. The largest absolute Gasteiger partial charge is 0.478 e. The second-order valence-corrected chi connectivity index (χ2v) is 5.11. The second-order valence-electron chi connectivity index (χ2n) is 5.11. The summed E-state index contributed by atoms with van der Waals surface area (Å²) in [6.07, 6.45) is 5.50. The third-order valence-corrected chi connectivity index (χ3v) is 3.32. The van der Waals surface area contributed by atoms with Crippen molar-refractivity contribution in [2.45, 2.75) is 19.3 Å². The van der Waals surface area contributed by atoms with Crippen molar-refractivity contribution in [2.75, 3.05) is 6.54 Å². The molecule has 0 bridgehead atoms. The Kier molecular flexibility index (Phi) is 5.30. The molecule has 1 aromatic heterocycles. The maximum absolute atomic E-state index is 11.9. The van der Waals surface area contributed by atoms with Gasteiger partial charge in [0.1, 0.15) is 0 Å². The normalized spacial score (nSPS) is 10.4. The molecule has 0 unspecified atom stereocenters. The van der Waals surface area contributed by atoms with Crippen molar-refractivity contribution in [2.24, 2.45) is 7.05 Å². The molecule has 0 radical (unpaired) electrons. The Labute approximate surface area is 128 Å². The van der Waals surface area contributed by atoms with Gasteiger partial charge in [-0.25, -0.2) is 4.79 Å². The highest BCUT2D eigenvalue weighted by Gasteiger charge is 2.12. The number of benzene rings is 1. The molecule has 116 valence electrons. The summed E-state index contributed by atoms with van der Waals surface area (Å²) in [5.41, 5.74) is 1.83. The van der Waals surface area contributed by atoms with Crippen molar-refractivity contribution >= 4 is 11.9 Å². The molecule has 0 aliphatic rings. The molecule has 22 heavy (non-hydrogen) atoms. The lowest BCUT2D eigenvalue weighted by atomic mass is 10.0. The molecule has 1 amide bonds. The van der Waals surface area contributed by atoms with Gasteiger partial charge in [0.15, 0.2) is 0 Å². The van der Waals surface area contributed by atoms with E-state index in [4.69, 9.17) is 5.11 Å². The number of aryl methyl sites for hydroxylation is 2. The highest BCUT2D eigenvalue weighted by molar-refractivity contribution is 5.91. The van der Waals surface area contributed by atoms with Gasteiger partial charge in [0.2, 0.25) is 5.91 Å². The Morgan fingerprint density at radius 1 is 1.32 bits per heavy atom. The maximum atomic E-state index is 11.9. The molecule has 0 fully saturated rings. The van der Waals surface area contributed by atoms with Gasteiger partial charge in [-0.05, 0) is 30.0 Å². The van der Waals surface area contributed by atoms with E-state index >= 15 is 0 Å². The summed E-state index contributed by atoms with van der Waals surface area (Å²) in [7, 11) is 1.87. The summed E-state index contributed by atoms with van der Waals surface area (Å²) >= 11 is 0. The van der Waals surface area contributed by atoms with Gasteiger partial charge in [0.05, 0.1) is 18.2 Å². The van der Waals surface area contributed by atoms with Gasteiger partial charge in [-0.2, -0.15) is 5.10 Å². The van der Waals surface area contributed by atoms with Crippen LogP contribution in [0.1, 0.15) is 27.9 Å². The number of carbonyl (C=O) groups excluding carboxylic acids is 1. The van der Waals surface area contributed by atoms with E-state index in [0.29, 0.717) is 12.1 Å². The Balaban J connectivity index is 1.77. The first-order valence-electron chi connectivity index (χ1n) is 7.11. The van der Waals surface area contributed by atoms with Crippen LogP contribution < -0.4 is 5.32 Å². The van der Waals surface area contributed by atoms with Crippen LogP contribution in [0.4, 0.5) is 0 Å². The summed E-state index contributed by atoms with van der Waals surface area (Å²) in [4.78, 5) is 23.0. The fourth-order valence-corrected chi connectivity index (χ4v) is 2.24. The first-order chi connectivity index (χ1) is 10.6. The summed E-state index contributed by atoms with van der Waals surface area (Å²) in [6.45, 7) is 0.558. The molecule has 0 saturated carbocycles. The molecule has 2 N–H and O–H groups in total. The smallest absolute Gasteiger partial charge is 0.335 e. The number of hydrogen-bond donors (Lipinski definition) is 2. The first kappa shape index (κ1) is 15.8. The van der Waals surface area contributed by atoms with Crippen LogP contribution in [-0.4, -0.2) is 33.3 Å². The number of hydrogen-bond acceptors (Lipinski definition) is 3. The van der Waals surface area contributed by atoms with Crippen molar-refractivity contribution < 1.29 is 14.7 Å². The minimum Gasteiger partial charge on any atom is -0.478 e. The van der Waals surface area contributed by atoms with Crippen molar-refractivity contribution in [3.63, 3.8) is 0 Å². The van der Waals surface area contributed by atoms with E-state index in [1.165, 1.54) is 6.07 Å². The Morgan fingerprint density at radius 3 is 2.77 bits per heavy atom. The van der Waals surface area contributed by atoms with E-state index in [0.717, 1.165) is 18.4 Å². The number of carboxylic acids is 1. The highest BCUT2D eigenvalue weighted by atomic mass is 16.4. The van der Waals surface area contributed by atoms with Gasteiger partial charge in [-0.1, -0.05) is 18.2 Å². The Bertz CT molecular complexity index is 664. The fourth-order valence-electron chi connectivity index (χ4n) is 2.24. The fraction of sp³-hybridized carbons (Fsp3) is 0.312. The molecule has 2 rings (SSSR count). The molecular weight excluding hydrogens is 282 g/mol. The van der Waals surface area contributed by atoms with Crippen LogP contribution in [0.3, 0.4) is 0 Å². The zero-order valence-electron chi connectivity index (χ0n) is 12.5. The molecular formula is C16H19N3O3. The monoisotopic (exact) mass is 301 g/mol. The number of amides is 1. The van der Waals surface area contributed by atoms with E-state index in [9.17, 15) is 9.59 Å². The molecule has 1 heterocycles. The van der Waals surface area contributed by atoms with Crippen molar-refractivity contribution in [1.82, 2.24) is 15.1 Å². The molecule has 1 aromatic carbocycles. The maximum Gasteiger partial charge on any atom is 0.335 e. The predicted molar refractivity (Wildman–Crippen MR) is 81.6 cm³/mol. The van der Waals surface area contributed by atoms with E-state index in [1.54, 1.807) is 22.9 Å². The zero-order valence-corrected chi connectivity index (χ0v) is 12.5. The molecule has 6 heteroatoms. The van der Waals surface area contributed by atoms with Gasteiger partial charge >= 0.3 is 5.97 Å². The predicted octanol–water partition coefficient (Wildman–Crippen LogP) is 1.41. The van der Waals surface area contributed by atoms with E-state index in [2.05, 4.69) is 10.4 Å². The molecule has 2 aromatic rings. The Hall–Kier alpha value is -2.63. The van der Waals surface area contributed by atoms with Gasteiger partial charge in [0.25, 0.3) is 0 Å². The number of aromatic nitrogens is 2. The number of carboxylic acid groups (broad SMARTS) is 1. The van der Waals surface area contributed by atoms with Crippen molar-refractivity contribution in [1.29, 1.82) is 0 Å². The summed E-state index contributed by atoms with van der Waals surface area (Å²) in [5, 5.41) is 16.0. The number of rotatable bonds is 7. The summed E-state index contributed by atoms with van der Waals surface area (Å²) in [5.74, 6) is -1.18. The minimum atomic E-state index is -1.01. The number of nitrogens with one attached hydrogen (secondary N) is 1. The van der Waals surface area contributed by atoms with E-state index in [1.807, 2.05) is 19.4 Å². The van der Waals surface area contributed by atoms with Gasteiger partial charge in [-0.15, -0.1) is 0 Å². The van der Waals surface area contributed by atoms with Gasteiger partial charge < -0.3 is 10.4 Å². The van der Waals surface area contributed by atoms with Crippen LogP contribution in [-0.2, 0) is 24.7 Å². The van der Waals surface area contributed by atoms with Crippen LogP contribution in [0.15, 0.2) is 36.7 Å². The molecule has 0 aliphatic carbocycles. The average molecular weight is 301 g/mol. The van der Waals surface area contributed by atoms with E-state index in [-0.39, 0.29) is 17.9 Å². The zero-order chi connectivity index (χ0) is 15.9. The lowest BCUT2D eigenvalue weighted by molar-refractivity contribution is -0.120. The quantitative estimate of drug-likeness (QED) is 0.757. The molecule has 6 nitrogen and oxygen atoms in total. The van der Waals surface area contributed by atoms with Crippen LogP contribution in [0, 0.1) is 0 Å². The third-order valence-electron chi connectivity index (χ3n) is 3.32.